The number of rotatable bonds is 2. The van der Waals surface area contributed by atoms with Gasteiger partial charge in [-0.05, 0) is 164 Å². The van der Waals surface area contributed by atoms with E-state index in [9.17, 15) is 0 Å². The molecule has 0 radical (unpaired) electrons. The van der Waals surface area contributed by atoms with Gasteiger partial charge in [-0.25, -0.2) is 0 Å². The maximum absolute atomic E-state index is 7.58. The van der Waals surface area contributed by atoms with Crippen LogP contribution in [0, 0.1) is 6.92 Å². The summed E-state index contributed by atoms with van der Waals surface area (Å²) >= 11 is 0. The van der Waals surface area contributed by atoms with Crippen LogP contribution >= 0.6 is 0 Å². The molecule has 68 heavy (non-hydrogen) atoms. The lowest BCUT2D eigenvalue weighted by Gasteiger charge is -2.45. The number of anilines is 6. The molecular weight excluding hydrogens is 828 g/mol. The molecule has 0 spiro atoms. The zero-order chi connectivity index (χ0) is 48.0. The van der Waals surface area contributed by atoms with E-state index in [1.165, 1.54) is 84.2 Å². The van der Waals surface area contributed by atoms with E-state index < -0.39 is 0 Å². The van der Waals surface area contributed by atoms with Gasteiger partial charge in [0.05, 0.1) is 11.1 Å². The molecule has 0 N–H and O–H groups in total. The van der Waals surface area contributed by atoms with Crippen molar-refractivity contribution in [2.75, 3.05) is 9.80 Å². The fourth-order valence-electron chi connectivity index (χ4n) is 13.0. The second-order valence-corrected chi connectivity index (χ2v) is 26.0. The van der Waals surface area contributed by atoms with E-state index in [4.69, 9.17) is 8.83 Å². The molecule has 2 aliphatic heterocycles. The normalized spacial score (nSPS) is 18.7. The minimum Gasteiger partial charge on any atom is -0.456 e. The summed E-state index contributed by atoms with van der Waals surface area (Å²) in [6.07, 6.45) is 4.63. The molecule has 8 aromatic rings. The Balaban J connectivity index is 1.23. The summed E-state index contributed by atoms with van der Waals surface area (Å²) < 4.78 is 14.5. The monoisotopic (exact) mass is 897 g/mol. The van der Waals surface area contributed by atoms with Crippen LogP contribution < -0.4 is 26.2 Å². The van der Waals surface area contributed by atoms with Crippen LogP contribution in [0.25, 0.3) is 32.9 Å². The predicted molar refractivity (Wildman–Crippen MR) is 290 cm³/mol. The third-order valence-electron chi connectivity index (χ3n) is 17.3. The van der Waals surface area contributed by atoms with E-state index >= 15 is 0 Å². The molecule has 346 valence electrons. The standard InChI is InChI=1S/C63H69BN2O2/c1-36-30-49-55-50(31-36)66(48-25-23-42(59(5,6)7)56-53(48)39-18-16-17-19-51(39)67-56)47-24-20-37(58(2,3)4)32-46(47)64(55)54-40-34-44-45(63(14,15)29-28-62(44,12)13)35-52(40)68-57(54)65(49)38-21-22-41-43(33-38)61(10,11)27-26-60(41,8)9/h16-25,30-35H,26-29H2,1-15H3. The summed E-state index contributed by atoms with van der Waals surface area (Å²) in [7, 11) is 0. The quantitative estimate of drug-likeness (QED) is 0.162. The van der Waals surface area contributed by atoms with Crippen molar-refractivity contribution in [3.05, 3.63) is 136 Å². The molecule has 0 fully saturated rings. The third kappa shape index (κ3) is 6.12. The van der Waals surface area contributed by atoms with Gasteiger partial charge >= 0.3 is 0 Å². The van der Waals surface area contributed by atoms with Crippen LogP contribution in [0.2, 0.25) is 0 Å². The van der Waals surface area contributed by atoms with Crippen molar-refractivity contribution < 1.29 is 8.83 Å². The largest absolute Gasteiger partial charge is 0.456 e. The molecule has 4 aliphatic rings. The molecule has 0 saturated carbocycles. The average Bonchev–Trinajstić information content (AvgIpc) is 3.84. The van der Waals surface area contributed by atoms with Crippen molar-refractivity contribution in [1.82, 2.24) is 0 Å². The number of fused-ring (bicyclic) bond motifs is 11. The first-order valence-corrected chi connectivity index (χ1v) is 25.5. The summed E-state index contributed by atoms with van der Waals surface area (Å²) in [6, 6.07) is 37.9. The van der Waals surface area contributed by atoms with Gasteiger partial charge in [0.15, 0.2) is 0 Å². The van der Waals surface area contributed by atoms with E-state index in [1.807, 2.05) is 0 Å². The smallest absolute Gasteiger partial charge is 0.257 e. The van der Waals surface area contributed by atoms with Crippen molar-refractivity contribution in [3.63, 3.8) is 0 Å². The average molecular weight is 897 g/mol. The highest BCUT2D eigenvalue weighted by atomic mass is 16.4. The molecule has 0 atom stereocenters. The van der Waals surface area contributed by atoms with Gasteiger partial charge in [-0.2, -0.15) is 0 Å². The highest BCUT2D eigenvalue weighted by molar-refractivity contribution is 7.01. The minimum atomic E-state index is -0.124. The zero-order valence-electron chi connectivity index (χ0n) is 43.4. The summed E-state index contributed by atoms with van der Waals surface area (Å²) in [5.74, 6) is 0.943. The summed E-state index contributed by atoms with van der Waals surface area (Å²) in [4.78, 5) is 5.12. The fourth-order valence-corrected chi connectivity index (χ4v) is 13.0. The molecule has 4 nitrogen and oxygen atoms in total. The van der Waals surface area contributed by atoms with Crippen molar-refractivity contribution >= 4 is 90.3 Å². The molecule has 4 heterocycles. The van der Waals surface area contributed by atoms with Crippen LogP contribution in [0.1, 0.15) is 162 Å². The Labute approximate surface area is 405 Å². The van der Waals surface area contributed by atoms with Gasteiger partial charge in [0.1, 0.15) is 16.7 Å². The van der Waals surface area contributed by atoms with Crippen molar-refractivity contribution in [2.24, 2.45) is 0 Å². The summed E-state index contributed by atoms with van der Waals surface area (Å²) in [5.41, 5.74) is 22.2. The van der Waals surface area contributed by atoms with Gasteiger partial charge in [0.25, 0.3) is 6.71 Å². The Hall–Kier alpha value is -5.68. The van der Waals surface area contributed by atoms with E-state index in [2.05, 4.69) is 211 Å². The molecule has 2 aliphatic carbocycles. The zero-order valence-corrected chi connectivity index (χ0v) is 43.4. The van der Waals surface area contributed by atoms with Gasteiger partial charge in [-0.1, -0.05) is 139 Å². The first kappa shape index (κ1) is 43.6. The lowest BCUT2D eigenvalue weighted by Crippen LogP contribution is -2.61. The lowest BCUT2D eigenvalue weighted by molar-refractivity contribution is 0.332. The Morgan fingerprint density at radius 1 is 0.500 bits per heavy atom. The number of furan rings is 2. The van der Waals surface area contributed by atoms with Crippen LogP contribution in [0.15, 0.2) is 106 Å². The number of hydrogen-bond acceptors (Lipinski definition) is 4. The lowest BCUT2D eigenvalue weighted by atomic mass is 9.33. The first-order valence-electron chi connectivity index (χ1n) is 25.5. The molecule has 5 heteroatoms. The van der Waals surface area contributed by atoms with Gasteiger partial charge < -0.3 is 13.7 Å². The number of nitrogens with zero attached hydrogens (tertiary/aromatic N) is 2. The molecule has 0 amide bonds. The maximum atomic E-state index is 7.58. The molecule has 6 aromatic carbocycles. The van der Waals surface area contributed by atoms with Gasteiger partial charge in [0.2, 0.25) is 5.88 Å². The van der Waals surface area contributed by atoms with E-state index in [1.54, 1.807) is 0 Å². The van der Waals surface area contributed by atoms with Gasteiger partial charge in [-0.3, -0.25) is 4.90 Å². The summed E-state index contributed by atoms with van der Waals surface area (Å²) in [6.45, 7) is 35.6. The number of hydrogen-bond donors (Lipinski definition) is 0. The van der Waals surface area contributed by atoms with Crippen LogP contribution in [-0.2, 0) is 32.5 Å². The second kappa shape index (κ2) is 13.8. The molecule has 12 rings (SSSR count). The van der Waals surface area contributed by atoms with Crippen molar-refractivity contribution in [2.45, 2.75) is 162 Å². The predicted octanol–water partition coefficient (Wildman–Crippen LogP) is 16.0. The van der Waals surface area contributed by atoms with Gasteiger partial charge in [0, 0.05) is 44.5 Å². The Kier molecular flexibility index (Phi) is 8.83. The van der Waals surface area contributed by atoms with Crippen LogP contribution in [0.4, 0.5) is 34.3 Å². The Morgan fingerprint density at radius 2 is 1.10 bits per heavy atom. The number of benzene rings is 6. The fraction of sp³-hybridized carbons (Fsp3) is 0.397. The molecule has 0 unspecified atom stereocenters. The topological polar surface area (TPSA) is 32.8 Å². The van der Waals surface area contributed by atoms with E-state index in [-0.39, 0.29) is 39.2 Å². The summed E-state index contributed by atoms with van der Waals surface area (Å²) in [5, 5.41) is 3.53. The number of aryl methyl sites for hydroxylation is 1. The SMILES string of the molecule is Cc1cc2c3c(c1)N(c1ccc(C(C)(C)C)c4oc5ccccc5c14)c1ccc(C(C)(C)C)cc1B3c1c(oc3cc4c(cc13)C(C)(C)CCC4(C)C)N2c1ccc2c(c1)C(C)(C)CCC2(C)C. The molecule has 0 saturated heterocycles. The molecule has 2 aromatic heterocycles. The maximum Gasteiger partial charge on any atom is 0.257 e. The van der Waals surface area contributed by atoms with Crippen molar-refractivity contribution in [3.8, 4) is 0 Å². The minimum absolute atomic E-state index is 0.0350. The van der Waals surface area contributed by atoms with Crippen molar-refractivity contribution in [1.29, 1.82) is 0 Å². The van der Waals surface area contributed by atoms with E-state index in [0.29, 0.717) is 0 Å². The molecular formula is C63H69BN2O2. The Bertz CT molecular complexity index is 3470. The second-order valence-electron chi connectivity index (χ2n) is 26.0. The highest BCUT2D eigenvalue weighted by Crippen LogP contribution is 2.54. The van der Waals surface area contributed by atoms with Crippen LogP contribution in [0.3, 0.4) is 0 Å². The van der Waals surface area contributed by atoms with Gasteiger partial charge in [-0.15, -0.1) is 0 Å². The third-order valence-corrected chi connectivity index (χ3v) is 17.3. The number of para-hydroxylation sites is 1. The van der Waals surface area contributed by atoms with Crippen LogP contribution in [-0.4, -0.2) is 6.71 Å². The van der Waals surface area contributed by atoms with Crippen LogP contribution in [0.5, 0.6) is 0 Å². The Morgan fingerprint density at radius 3 is 1.76 bits per heavy atom. The molecule has 0 bridgehead atoms. The first-order chi connectivity index (χ1) is 31.9. The highest BCUT2D eigenvalue weighted by Gasteiger charge is 2.49. The van der Waals surface area contributed by atoms with E-state index in [0.717, 1.165) is 64.0 Å².